The van der Waals surface area contributed by atoms with E-state index in [0.29, 0.717) is 0 Å². The molecule has 94 valence electrons. The van der Waals surface area contributed by atoms with Crippen LogP contribution in [-0.2, 0) is 9.59 Å². The molecule has 0 spiro atoms. The van der Waals surface area contributed by atoms with Crippen LogP contribution in [0.4, 0.5) is 0 Å². The lowest BCUT2D eigenvalue weighted by Gasteiger charge is -2.08. The number of carbonyl (C=O) groups is 2. The van der Waals surface area contributed by atoms with Crippen LogP contribution in [-0.4, -0.2) is 59.8 Å². The smallest absolute Gasteiger partial charge is 0.320 e. The number of nitrogens with zero attached hydrogens (tertiary/aromatic N) is 1. The lowest BCUT2D eigenvalue weighted by atomic mass is 10.2. The molecule has 1 aliphatic heterocycles. The summed E-state index contributed by atoms with van der Waals surface area (Å²) in [6.45, 7) is 3.70. The number of rotatable bonds is 4. The first-order chi connectivity index (χ1) is 7.47. The Morgan fingerprint density at radius 2 is 2.06 bits per heavy atom. The SMILES string of the molecule is CCN(C)CC(=O)O.O=C(O)[C@H]1CCCN1. The second kappa shape index (κ2) is 8.06. The first-order valence-corrected chi connectivity index (χ1v) is 5.33. The molecule has 16 heavy (non-hydrogen) atoms. The number of hydrogen-bond donors (Lipinski definition) is 3. The van der Waals surface area contributed by atoms with Gasteiger partial charge in [0.2, 0.25) is 0 Å². The molecule has 0 radical (unpaired) electrons. The topological polar surface area (TPSA) is 89.9 Å². The molecule has 0 amide bonds. The maximum absolute atomic E-state index is 10.1. The largest absolute Gasteiger partial charge is 0.480 e. The van der Waals surface area contributed by atoms with E-state index >= 15 is 0 Å². The van der Waals surface area contributed by atoms with Crippen molar-refractivity contribution in [3.8, 4) is 0 Å². The summed E-state index contributed by atoms with van der Waals surface area (Å²) >= 11 is 0. The summed E-state index contributed by atoms with van der Waals surface area (Å²) in [5, 5.41) is 19.4. The van der Waals surface area contributed by atoms with E-state index in [4.69, 9.17) is 10.2 Å². The molecule has 0 unspecified atom stereocenters. The number of nitrogens with one attached hydrogen (secondary N) is 1. The van der Waals surface area contributed by atoms with Gasteiger partial charge in [-0.2, -0.15) is 0 Å². The zero-order valence-corrected chi connectivity index (χ0v) is 9.77. The summed E-state index contributed by atoms with van der Waals surface area (Å²) in [5.41, 5.74) is 0. The Morgan fingerprint density at radius 3 is 2.25 bits per heavy atom. The Morgan fingerprint density at radius 1 is 1.44 bits per heavy atom. The van der Waals surface area contributed by atoms with Gasteiger partial charge in [-0.25, -0.2) is 0 Å². The number of aliphatic carboxylic acids is 2. The molecule has 6 nitrogen and oxygen atoms in total. The number of carboxylic acid groups (broad SMARTS) is 2. The van der Waals surface area contributed by atoms with Gasteiger partial charge in [-0.3, -0.25) is 14.5 Å². The molecule has 1 atom stereocenters. The highest BCUT2D eigenvalue weighted by Crippen LogP contribution is 2.03. The molecule has 3 N–H and O–H groups in total. The van der Waals surface area contributed by atoms with Gasteiger partial charge in [-0.05, 0) is 33.0 Å². The van der Waals surface area contributed by atoms with Crippen molar-refractivity contribution in [2.45, 2.75) is 25.8 Å². The quantitative estimate of drug-likeness (QED) is 0.624. The van der Waals surface area contributed by atoms with E-state index in [1.807, 2.05) is 6.92 Å². The second-order valence-corrected chi connectivity index (χ2v) is 3.71. The highest BCUT2D eigenvalue weighted by atomic mass is 16.4. The average Bonchev–Trinajstić information content (AvgIpc) is 2.70. The van der Waals surface area contributed by atoms with E-state index in [1.165, 1.54) is 0 Å². The third-order valence-corrected chi connectivity index (χ3v) is 2.30. The Labute approximate surface area is 95.2 Å². The predicted octanol–water partition coefficient (Wildman–Crippen LogP) is -0.154. The molecular formula is C10H20N2O4. The van der Waals surface area contributed by atoms with Crippen LogP contribution >= 0.6 is 0 Å². The summed E-state index contributed by atoms with van der Waals surface area (Å²) in [6, 6.07) is -0.269. The molecule has 1 saturated heterocycles. The third kappa shape index (κ3) is 7.19. The minimum Gasteiger partial charge on any atom is -0.480 e. The minimum absolute atomic E-state index is 0.135. The van der Waals surface area contributed by atoms with Crippen molar-refractivity contribution in [2.75, 3.05) is 26.7 Å². The van der Waals surface area contributed by atoms with Gasteiger partial charge in [0, 0.05) is 0 Å². The molecule has 0 saturated carbocycles. The van der Waals surface area contributed by atoms with Crippen LogP contribution in [0.2, 0.25) is 0 Å². The van der Waals surface area contributed by atoms with Gasteiger partial charge in [0.25, 0.3) is 0 Å². The highest BCUT2D eigenvalue weighted by molar-refractivity contribution is 5.73. The minimum atomic E-state index is -0.769. The number of likely N-dealkylation sites (N-methyl/N-ethyl adjacent to an activating group) is 1. The summed E-state index contributed by atoms with van der Waals surface area (Å²) < 4.78 is 0. The lowest BCUT2D eigenvalue weighted by Crippen LogP contribution is -2.29. The van der Waals surface area contributed by atoms with Crippen LogP contribution in [0.1, 0.15) is 19.8 Å². The molecule has 1 heterocycles. The van der Waals surface area contributed by atoms with Gasteiger partial charge in [-0.1, -0.05) is 6.92 Å². The lowest BCUT2D eigenvalue weighted by molar-refractivity contribution is -0.139. The van der Waals surface area contributed by atoms with Gasteiger partial charge < -0.3 is 15.5 Å². The third-order valence-electron chi connectivity index (χ3n) is 2.30. The van der Waals surface area contributed by atoms with Gasteiger partial charge in [0.05, 0.1) is 6.54 Å². The van der Waals surface area contributed by atoms with Crippen molar-refractivity contribution in [1.29, 1.82) is 0 Å². The Balaban J connectivity index is 0.000000281. The van der Waals surface area contributed by atoms with Crippen LogP contribution in [0, 0.1) is 0 Å². The first kappa shape index (κ1) is 14.9. The van der Waals surface area contributed by atoms with Crippen molar-refractivity contribution in [3.05, 3.63) is 0 Å². The van der Waals surface area contributed by atoms with Crippen LogP contribution in [0.15, 0.2) is 0 Å². The molecular weight excluding hydrogens is 212 g/mol. The first-order valence-electron chi connectivity index (χ1n) is 5.33. The molecule has 1 fully saturated rings. The summed E-state index contributed by atoms with van der Waals surface area (Å²) in [4.78, 5) is 21.8. The monoisotopic (exact) mass is 232 g/mol. The van der Waals surface area contributed by atoms with E-state index in [0.717, 1.165) is 25.9 Å². The summed E-state index contributed by atoms with van der Waals surface area (Å²) in [7, 11) is 1.77. The van der Waals surface area contributed by atoms with Crippen LogP contribution < -0.4 is 5.32 Å². The van der Waals surface area contributed by atoms with Crippen molar-refractivity contribution in [2.24, 2.45) is 0 Å². The fourth-order valence-electron chi connectivity index (χ4n) is 1.24. The maximum Gasteiger partial charge on any atom is 0.320 e. The number of carboxylic acids is 2. The van der Waals surface area contributed by atoms with E-state index < -0.39 is 11.9 Å². The maximum atomic E-state index is 10.1. The summed E-state index contributed by atoms with van der Waals surface area (Å²) in [6.07, 6.45) is 1.78. The zero-order chi connectivity index (χ0) is 12.6. The molecule has 1 aliphatic rings. The molecule has 0 aliphatic carbocycles. The predicted molar refractivity (Wildman–Crippen MR) is 59.5 cm³/mol. The molecule has 0 aromatic carbocycles. The Kier molecular flexibility index (Phi) is 7.49. The fourth-order valence-corrected chi connectivity index (χ4v) is 1.24. The zero-order valence-electron chi connectivity index (χ0n) is 9.77. The fraction of sp³-hybridized carbons (Fsp3) is 0.800. The van der Waals surface area contributed by atoms with Crippen LogP contribution in [0.5, 0.6) is 0 Å². The molecule has 0 aromatic heterocycles. The van der Waals surface area contributed by atoms with E-state index in [-0.39, 0.29) is 12.6 Å². The van der Waals surface area contributed by atoms with Crippen molar-refractivity contribution in [1.82, 2.24) is 10.2 Å². The molecule has 0 aromatic rings. The molecule has 0 bridgehead atoms. The highest BCUT2D eigenvalue weighted by Gasteiger charge is 2.20. The van der Waals surface area contributed by atoms with Gasteiger partial charge in [-0.15, -0.1) is 0 Å². The molecule has 6 heteroatoms. The van der Waals surface area contributed by atoms with Crippen molar-refractivity contribution >= 4 is 11.9 Å². The summed E-state index contributed by atoms with van der Waals surface area (Å²) in [5.74, 6) is -1.49. The normalized spacial score (nSPS) is 19.1. The van der Waals surface area contributed by atoms with Gasteiger partial charge >= 0.3 is 11.9 Å². The Hall–Kier alpha value is -1.14. The average molecular weight is 232 g/mol. The van der Waals surface area contributed by atoms with E-state index in [2.05, 4.69) is 5.32 Å². The standard InChI is InChI=1S/C5H9NO2.C5H11NO2/c7-5(8)4-2-1-3-6-4;1-3-6(2)4-5(7)8/h4,6H,1-3H2,(H,7,8);3-4H2,1-2H3,(H,7,8)/t4-;/m1./s1. The van der Waals surface area contributed by atoms with Crippen molar-refractivity contribution in [3.63, 3.8) is 0 Å². The van der Waals surface area contributed by atoms with Gasteiger partial charge in [0.1, 0.15) is 6.04 Å². The van der Waals surface area contributed by atoms with Crippen molar-refractivity contribution < 1.29 is 19.8 Å². The van der Waals surface area contributed by atoms with Crippen LogP contribution in [0.25, 0.3) is 0 Å². The van der Waals surface area contributed by atoms with E-state index in [9.17, 15) is 9.59 Å². The van der Waals surface area contributed by atoms with Crippen LogP contribution in [0.3, 0.4) is 0 Å². The Bertz CT molecular complexity index is 227. The number of hydrogen-bond acceptors (Lipinski definition) is 4. The second-order valence-electron chi connectivity index (χ2n) is 3.71. The molecule has 1 rings (SSSR count). The van der Waals surface area contributed by atoms with Gasteiger partial charge in [0.15, 0.2) is 0 Å². The van der Waals surface area contributed by atoms with E-state index in [1.54, 1.807) is 11.9 Å².